The first-order valence-electron chi connectivity index (χ1n) is 7.81. The second kappa shape index (κ2) is 7.72. The second-order valence-corrected chi connectivity index (χ2v) is 7.36. The number of carbonyl (C=O) groups is 1. The fourth-order valence-electron chi connectivity index (χ4n) is 2.40. The quantitative estimate of drug-likeness (QED) is 0.513. The van der Waals surface area contributed by atoms with Crippen molar-refractivity contribution in [3.05, 3.63) is 63.0 Å². The Balaban J connectivity index is 1.69. The lowest BCUT2D eigenvalue weighted by atomic mass is 10.1. The van der Waals surface area contributed by atoms with Crippen LogP contribution >= 0.6 is 22.9 Å². The monoisotopic (exact) mass is 388 g/mol. The summed E-state index contributed by atoms with van der Waals surface area (Å²) in [7, 11) is 3.42. The van der Waals surface area contributed by atoms with Crippen LogP contribution < -0.4 is 5.32 Å². The molecule has 0 aliphatic rings. The van der Waals surface area contributed by atoms with Crippen LogP contribution in [-0.4, -0.2) is 35.9 Å². The van der Waals surface area contributed by atoms with Crippen LogP contribution in [-0.2, 0) is 6.54 Å². The maximum atomic E-state index is 12.4. The van der Waals surface area contributed by atoms with Crippen LogP contribution in [0.1, 0.15) is 21.0 Å². The van der Waals surface area contributed by atoms with Gasteiger partial charge in [-0.25, -0.2) is 0 Å². The molecule has 134 valence electrons. The van der Waals surface area contributed by atoms with E-state index in [9.17, 15) is 4.79 Å². The number of carbonyl (C=O) groups excluding carboxylic acids is 1. The molecule has 3 aromatic rings. The Hall–Kier alpha value is -2.64. The summed E-state index contributed by atoms with van der Waals surface area (Å²) in [5.41, 5.74) is 2.36. The van der Waals surface area contributed by atoms with E-state index in [0.29, 0.717) is 33.0 Å². The Morgan fingerprint density at radius 2 is 2.04 bits per heavy atom. The van der Waals surface area contributed by atoms with E-state index in [4.69, 9.17) is 21.5 Å². The Morgan fingerprint density at radius 3 is 2.65 bits per heavy atom. The predicted molar refractivity (Wildman–Crippen MR) is 103 cm³/mol. The van der Waals surface area contributed by atoms with Gasteiger partial charge in [0.25, 0.3) is 5.91 Å². The molecular weight excluding hydrogens is 372 g/mol. The number of nitrogens with one attached hydrogen (secondary N) is 2. The number of rotatable bonds is 5. The van der Waals surface area contributed by atoms with Gasteiger partial charge in [-0.2, -0.15) is 0 Å². The van der Waals surface area contributed by atoms with Gasteiger partial charge in [0.1, 0.15) is 11.5 Å². The highest BCUT2D eigenvalue weighted by Gasteiger charge is 2.17. The van der Waals surface area contributed by atoms with E-state index in [1.54, 1.807) is 31.1 Å². The maximum Gasteiger partial charge on any atom is 0.264 e. The average Bonchev–Trinajstić information content (AvgIpc) is 3.29. The Morgan fingerprint density at radius 1 is 1.31 bits per heavy atom. The Labute approximate surface area is 159 Å². The van der Waals surface area contributed by atoms with Crippen molar-refractivity contribution in [3.63, 3.8) is 0 Å². The molecule has 0 atom stereocenters. The summed E-state index contributed by atoms with van der Waals surface area (Å²) in [6.07, 6.45) is 0. The number of nitrogens with zero attached hydrogens (tertiary/aromatic N) is 2. The van der Waals surface area contributed by atoms with E-state index in [-0.39, 0.29) is 5.91 Å². The molecule has 26 heavy (non-hydrogen) atoms. The molecule has 0 aliphatic heterocycles. The molecule has 0 fully saturated rings. The molecule has 0 unspecified atom stereocenters. The first-order valence-corrected chi connectivity index (χ1v) is 9.01. The Kier molecular flexibility index (Phi) is 5.39. The molecule has 8 heteroatoms. The van der Waals surface area contributed by atoms with Gasteiger partial charge in [-0.05, 0) is 12.1 Å². The molecule has 0 radical (unpaired) electrons. The van der Waals surface area contributed by atoms with E-state index in [1.165, 1.54) is 11.3 Å². The van der Waals surface area contributed by atoms with E-state index in [2.05, 4.69) is 10.5 Å². The lowest BCUT2D eigenvalue weighted by Gasteiger charge is -2.13. The molecule has 0 saturated heterocycles. The first-order chi connectivity index (χ1) is 12.5. The van der Waals surface area contributed by atoms with E-state index >= 15 is 0 Å². The zero-order valence-corrected chi connectivity index (χ0v) is 15.8. The van der Waals surface area contributed by atoms with Crippen LogP contribution in [0.3, 0.4) is 0 Å². The molecule has 2 N–H and O–H groups in total. The summed E-state index contributed by atoms with van der Waals surface area (Å²) in [4.78, 5) is 14.5. The van der Waals surface area contributed by atoms with E-state index in [0.717, 1.165) is 11.1 Å². The largest absolute Gasteiger partial charge is 0.373 e. The number of amidine groups is 1. The summed E-state index contributed by atoms with van der Waals surface area (Å²) in [5, 5.41) is 14.6. The van der Waals surface area contributed by atoms with Crippen molar-refractivity contribution in [1.29, 1.82) is 5.41 Å². The summed E-state index contributed by atoms with van der Waals surface area (Å²) < 4.78 is 5.94. The molecule has 0 bridgehead atoms. The zero-order valence-electron chi connectivity index (χ0n) is 14.2. The number of benzene rings is 1. The second-order valence-electron chi connectivity index (χ2n) is 5.65. The van der Waals surface area contributed by atoms with Gasteiger partial charge in [-0.1, -0.05) is 41.0 Å². The van der Waals surface area contributed by atoms with Crippen LogP contribution in [0.15, 0.2) is 47.0 Å². The number of thiophene rings is 1. The Bertz CT molecular complexity index is 933. The van der Waals surface area contributed by atoms with Crippen LogP contribution in [0.2, 0.25) is 4.34 Å². The van der Waals surface area contributed by atoms with Crippen molar-refractivity contribution in [2.24, 2.45) is 0 Å². The summed E-state index contributed by atoms with van der Waals surface area (Å²) in [6.45, 7) is 0.309. The molecule has 2 heterocycles. The molecular formula is C18H17ClN4O2S. The van der Waals surface area contributed by atoms with Gasteiger partial charge >= 0.3 is 0 Å². The van der Waals surface area contributed by atoms with Crippen LogP contribution in [0.25, 0.3) is 11.3 Å². The number of aromatic nitrogens is 1. The molecule has 1 amide bonds. The third-order valence-electron chi connectivity index (χ3n) is 3.80. The molecule has 6 nitrogen and oxygen atoms in total. The SMILES string of the molecule is CNC(=N)c1ccc(-c2cc(CN(C)C(=O)c3ccc(Cl)s3)on2)cc1. The lowest BCUT2D eigenvalue weighted by molar-refractivity contribution is 0.0777. The van der Waals surface area contributed by atoms with Gasteiger partial charge < -0.3 is 14.7 Å². The van der Waals surface area contributed by atoms with Crippen LogP contribution in [0.4, 0.5) is 0 Å². The van der Waals surface area contributed by atoms with E-state index in [1.807, 2.05) is 30.3 Å². The summed E-state index contributed by atoms with van der Waals surface area (Å²) in [6, 6.07) is 12.7. The standard InChI is InChI=1S/C18H17ClN4O2S/c1-21-17(20)12-5-3-11(4-6-12)14-9-13(25-22-14)10-23(2)18(24)15-7-8-16(19)26-15/h3-9H,10H2,1-2H3,(H2,20,21). The van der Waals surface area contributed by atoms with Gasteiger partial charge in [0.2, 0.25) is 0 Å². The normalized spacial score (nSPS) is 10.6. The molecule has 3 rings (SSSR count). The smallest absolute Gasteiger partial charge is 0.264 e. The van der Waals surface area contributed by atoms with Crippen LogP contribution in [0.5, 0.6) is 0 Å². The van der Waals surface area contributed by atoms with Gasteiger partial charge in [-0.3, -0.25) is 10.2 Å². The predicted octanol–water partition coefficient (Wildman–Crippen LogP) is 3.87. The summed E-state index contributed by atoms with van der Waals surface area (Å²) >= 11 is 7.13. The van der Waals surface area contributed by atoms with Crippen molar-refractivity contribution in [2.45, 2.75) is 6.54 Å². The lowest BCUT2D eigenvalue weighted by Crippen LogP contribution is -2.25. The molecule has 1 aromatic carbocycles. The minimum Gasteiger partial charge on any atom is -0.373 e. The first kappa shape index (κ1) is 18.2. The van der Waals surface area contributed by atoms with Crippen molar-refractivity contribution in [3.8, 4) is 11.3 Å². The van der Waals surface area contributed by atoms with Crippen molar-refractivity contribution >= 4 is 34.7 Å². The third-order valence-corrected chi connectivity index (χ3v) is 5.02. The minimum absolute atomic E-state index is 0.116. The highest BCUT2D eigenvalue weighted by atomic mass is 35.5. The van der Waals surface area contributed by atoms with Crippen LogP contribution in [0, 0.1) is 5.41 Å². The number of halogens is 1. The fourth-order valence-corrected chi connectivity index (χ4v) is 3.44. The van der Waals surface area contributed by atoms with E-state index < -0.39 is 0 Å². The maximum absolute atomic E-state index is 12.4. The molecule has 0 aliphatic carbocycles. The highest BCUT2D eigenvalue weighted by molar-refractivity contribution is 7.17. The molecule has 2 aromatic heterocycles. The molecule has 0 spiro atoms. The topological polar surface area (TPSA) is 82.2 Å². The number of hydrogen-bond acceptors (Lipinski definition) is 5. The number of hydrogen-bond donors (Lipinski definition) is 2. The highest BCUT2D eigenvalue weighted by Crippen LogP contribution is 2.24. The van der Waals surface area contributed by atoms with Gasteiger partial charge in [0.15, 0.2) is 5.76 Å². The minimum atomic E-state index is -0.116. The van der Waals surface area contributed by atoms with Crippen molar-refractivity contribution in [2.75, 3.05) is 14.1 Å². The zero-order chi connectivity index (χ0) is 18.7. The van der Waals surface area contributed by atoms with Crippen molar-refractivity contribution in [1.82, 2.24) is 15.4 Å². The van der Waals surface area contributed by atoms with Crippen molar-refractivity contribution < 1.29 is 9.32 Å². The summed E-state index contributed by atoms with van der Waals surface area (Å²) in [5.74, 6) is 0.825. The van der Waals surface area contributed by atoms with Gasteiger partial charge in [0, 0.05) is 31.3 Å². The third kappa shape index (κ3) is 3.95. The number of amides is 1. The van der Waals surface area contributed by atoms with Gasteiger partial charge in [-0.15, -0.1) is 11.3 Å². The fraction of sp³-hybridized carbons (Fsp3) is 0.167. The van der Waals surface area contributed by atoms with Gasteiger partial charge in [0.05, 0.1) is 15.8 Å². The molecule has 0 saturated carbocycles. The average molecular weight is 389 g/mol.